The molecule has 2 N–H and O–H groups in total. The number of rotatable bonds is 6. The highest BCUT2D eigenvalue weighted by Gasteiger charge is 2.26. The van der Waals surface area contributed by atoms with Gasteiger partial charge in [-0.05, 0) is 50.1 Å². The van der Waals surface area contributed by atoms with Crippen LogP contribution in [-0.2, 0) is 17.3 Å². The van der Waals surface area contributed by atoms with E-state index < -0.39 is 10.8 Å². The monoisotopic (exact) mass is 355 g/mol. The Kier molecular flexibility index (Phi) is 7.56. The minimum atomic E-state index is -0.682. The van der Waals surface area contributed by atoms with E-state index >= 15 is 0 Å². The number of guanidine groups is 1. The summed E-state index contributed by atoms with van der Waals surface area (Å²) < 4.78 is 12.1. The van der Waals surface area contributed by atoms with E-state index in [1.807, 2.05) is 6.92 Å². The van der Waals surface area contributed by atoms with Gasteiger partial charge in [-0.3, -0.25) is 4.21 Å². The van der Waals surface area contributed by atoms with E-state index in [2.05, 4.69) is 35.9 Å². The Morgan fingerprint density at radius 3 is 2.91 bits per heavy atom. The van der Waals surface area contributed by atoms with Crippen molar-refractivity contribution in [2.45, 2.75) is 64.3 Å². The molecule has 0 radical (unpaired) electrons. The molecule has 0 spiro atoms. The highest BCUT2D eigenvalue weighted by atomic mass is 32.2. The molecule has 3 atom stereocenters. The average Bonchev–Trinajstić information content (AvgIpc) is 2.97. The summed E-state index contributed by atoms with van der Waals surface area (Å²) in [6.45, 7) is 7.81. The van der Waals surface area contributed by atoms with Crippen LogP contribution < -0.4 is 10.6 Å². The predicted octanol–water partition coefficient (Wildman–Crippen LogP) is 3.19. The SMILES string of the molecule is CCNC(=NCc1sccc1C)NC1CCCC(S(=O)CC)C1. The number of thiophene rings is 1. The van der Waals surface area contributed by atoms with Crippen LogP contribution in [0.1, 0.15) is 50.0 Å². The van der Waals surface area contributed by atoms with Gasteiger partial charge in [-0.15, -0.1) is 11.3 Å². The second-order valence-corrected chi connectivity index (χ2v) is 9.03. The zero-order chi connectivity index (χ0) is 16.7. The molecular formula is C17H29N3OS2. The van der Waals surface area contributed by atoms with Crippen molar-refractivity contribution in [3.63, 3.8) is 0 Å². The van der Waals surface area contributed by atoms with Crippen LogP contribution in [0.5, 0.6) is 0 Å². The Labute approximate surface area is 146 Å². The fourth-order valence-electron chi connectivity index (χ4n) is 2.98. The maximum absolute atomic E-state index is 12.1. The molecule has 0 amide bonds. The summed E-state index contributed by atoms with van der Waals surface area (Å²) in [7, 11) is -0.682. The first kappa shape index (κ1) is 18.5. The molecular weight excluding hydrogens is 326 g/mol. The summed E-state index contributed by atoms with van der Waals surface area (Å²) in [4.78, 5) is 6.05. The summed E-state index contributed by atoms with van der Waals surface area (Å²) >= 11 is 1.76. The molecule has 1 aliphatic rings. The molecule has 2 rings (SSSR count). The van der Waals surface area contributed by atoms with Crippen molar-refractivity contribution in [1.29, 1.82) is 0 Å². The number of nitrogens with zero attached hydrogens (tertiary/aromatic N) is 1. The van der Waals surface area contributed by atoms with Crippen molar-refractivity contribution >= 4 is 28.1 Å². The van der Waals surface area contributed by atoms with Gasteiger partial charge >= 0.3 is 0 Å². The standard InChI is InChI=1S/C17H29N3OS2/c1-4-18-17(19-12-16-13(3)9-10-22-16)20-14-7-6-8-15(11-14)23(21)5-2/h9-10,14-15H,4-8,11-12H2,1-3H3,(H2,18,19,20). The Hall–Kier alpha value is -0.880. The minimum absolute atomic E-state index is 0.341. The molecule has 0 saturated heterocycles. The van der Waals surface area contributed by atoms with E-state index in [4.69, 9.17) is 4.99 Å². The van der Waals surface area contributed by atoms with Crippen LogP contribution in [-0.4, -0.2) is 33.8 Å². The van der Waals surface area contributed by atoms with Crippen LogP contribution in [0.3, 0.4) is 0 Å². The van der Waals surface area contributed by atoms with Gasteiger partial charge in [-0.25, -0.2) is 4.99 Å². The number of nitrogens with one attached hydrogen (secondary N) is 2. The molecule has 1 aliphatic carbocycles. The molecule has 130 valence electrons. The molecule has 1 fully saturated rings. The van der Waals surface area contributed by atoms with Crippen LogP contribution in [0.15, 0.2) is 16.4 Å². The predicted molar refractivity (Wildman–Crippen MR) is 102 cm³/mol. The average molecular weight is 356 g/mol. The van der Waals surface area contributed by atoms with Crippen LogP contribution in [0, 0.1) is 6.92 Å². The van der Waals surface area contributed by atoms with E-state index in [1.165, 1.54) is 10.4 Å². The summed E-state index contributed by atoms with van der Waals surface area (Å²) in [5, 5.41) is 9.35. The topological polar surface area (TPSA) is 53.5 Å². The first-order valence-corrected chi connectivity index (χ1v) is 10.8. The highest BCUT2D eigenvalue weighted by Crippen LogP contribution is 2.23. The first-order valence-electron chi connectivity index (χ1n) is 8.59. The lowest BCUT2D eigenvalue weighted by Crippen LogP contribution is -2.46. The van der Waals surface area contributed by atoms with Crippen LogP contribution in [0.4, 0.5) is 0 Å². The maximum atomic E-state index is 12.1. The van der Waals surface area contributed by atoms with Crippen LogP contribution >= 0.6 is 11.3 Å². The second-order valence-electron chi connectivity index (χ2n) is 6.02. The highest BCUT2D eigenvalue weighted by molar-refractivity contribution is 7.85. The number of aliphatic imine (C=N–C) groups is 1. The van der Waals surface area contributed by atoms with E-state index in [0.717, 1.165) is 50.5 Å². The van der Waals surface area contributed by atoms with Crippen molar-refractivity contribution in [3.05, 3.63) is 21.9 Å². The second kappa shape index (κ2) is 9.42. The Bertz CT molecular complexity index is 542. The summed E-state index contributed by atoms with van der Waals surface area (Å²) in [6.07, 6.45) is 4.38. The molecule has 1 aromatic heterocycles. The summed E-state index contributed by atoms with van der Waals surface area (Å²) in [5.74, 6) is 1.65. The lowest BCUT2D eigenvalue weighted by atomic mass is 9.95. The molecule has 1 saturated carbocycles. The molecule has 1 aromatic rings. The van der Waals surface area contributed by atoms with Crippen molar-refractivity contribution in [2.24, 2.45) is 4.99 Å². The third-order valence-electron chi connectivity index (χ3n) is 4.32. The smallest absolute Gasteiger partial charge is 0.191 e. The molecule has 4 nitrogen and oxygen atoms in total. The zero-order valence-electron chi connectivity index (χ0n) is 14.4. The molecule has 6 heteroatoms. The molecule has 0 aromatic carbocycles. The minimum Gasteiger partial charge on any atom is -0.357 e. The molecule has 0 aliphatic heterocycles. The van der Waals surface area contributed by atoms with Gasteiger partial charge in [0.05, 0.1) is 6.54 Å². The molecule has 1 heterocycles. The summed E-state index contributed by atoms with van der Waals surface area (Å²) in [5.41, 5.74) is 1.31. The molecule has 3 unspecified atom stereocenters. The largest absolute Gasteiger partial charge is 0.357 e. The van der Waals surface area contributed by atoms with Gasteiger partial charge in [0.2, 0.25) is 0 Å². The van der Waals surface area contributed by atoms with Gasteiger partial charge in [-0.2, -0.15) is 0 Å². The Morgan fingerprint density at radius 1 is 1.43 bits per heavy atom. The lowest BCUT2D eigenvalue weighted by molar-refractivity contribution is 0.413. The molecule has 23 heavy (non-hydrogen) atoms. The van der Waals surface area contributed by atoms with Crippen molar-refractivity contribution in [1.82, 2.24) is 10.6 Å². The van der Waals surface area contributed by atoms with E-state index in [0.29, 0.717) is 11.3 Å². The fraction of sp³-hybridized carbons (Fsp3) is 0.706. The van der Waals surface area contributed by atoms with Crippen molar-refractivity contribution in [3.8, 4) is 0 Å². The van der Waals surface area contributed by atoms with Gasteiger partial charge in [-0.1, -0.05) is 13.3 Å². The van der Waals surface area contributed by atoms with Crippen molar-refractivity contribution in [2.75, 3.05) is 12.3 Å². The lowest BCUT2D eigenvalue weighted by Gasteiger charge is -2.30. The Morgan fingerprint density at radius 2 is 2.26 bits per heavy atom. The van der Waals surface area contributed by atoms with Gasteiger partial charge in [0.1, 0.15) is 0 Å². The number of hydrogen-bond donors (Lipinski definition) is 2. The van der Waals surface area contributed by atoms with Crippen LogP contribution in [0.2, 0.25) is 0 Å². The van der Waals surface area contributed by atoms with Gasteiger partial charge in [0, 0.05) is 39.3 Å². The third kappa shape index (κ3) is 5.60. The van der Waals surface area contributed by atoms with E-state index in [1.54, 1.807) is 11.3 Å². The number of hydrogen-bond acceptors (Lipinski definition) is 3. The van der Waals surface area contributed by atoms with E-state index in [-0.39, 0.29) is 0 Å². The van der Waals surface area contributed by atoms with Crippen molar-refractivity contribution < 1.29 is 4.21 Å². The van der Waals surface area contributed by atoms with Gasteiger partial charge < -0.3 is 10.6 Å². The molecule has 0 bridgehead atoms. The van der Waals surface area contributed by atoms with E-state index in [9.17, 15) is 4.21 Å². The maximum Gasteiger partial charge on any atom is 0.191 e. The van der Waals surface area contributed by atoms with Gasteiger partial charge in [0.15, 0.2) is 5.96 Å². The van der Waals surface area contributed by atoms with Gasteiger partial charge in [0.25, 0.3) is 0 Å². The summed E-state index contributed by atoms with van der Waals surface area (Å²) in [6, 6.07) is 2.52. The Balaban J connectivity index is 1.95. The quantitative estimate of drug-likeness (QED) is 0.609. The zero-order valence-corrected chi connectivity index (χ0v) is 16.1. The fourth-order valence-corrected chi connectivity index (χ4v) is 5.16. The number of aryl methyl sites for hydroxylation is 1. The normalized spacial score (nSPS) is 23.5. The van der Waals surface area contributed by atoms with Crippen LogP contribution in [0.25, 0.3) is 0 Å². The third-order valence-corrected chi connectivity index (χ3v) is 7.06. The first-order chi connectivity index (χ1) is 11.1.